The highest BCUT2D eigenvalue weighted by Gasteiger charge is 2.38. The van der Waals surface area contributed by atoms with Crippen molar-refractivity contribution in [2.75, 3.05) is 6.54 Å². The van der Waals surface area contributed by atoms with Crippen LogP contribution in [0.2, 0.25) is 0 Å². The molecule has 0 aromatic carbocycles. The van der Waals surface area contributed by atoms with Crippen LogP contribution >= 0.6 is 0 Å². The van der Waals surface area contributed by atoms with Crippen molar-refractivity contribution in [3.05, 3.63) is 18.0 Å². The number of rotatable bonds is 2. The Morgan fingerprint density at radius 2 is 2.33 bits per heavy atom. The van der Waals surface area contributed by atoms with Gasteiger partial charge in [-0.25, -0.2) is 4.79 Å². The summed E-state index contributed by atoms with van der Waals surface area (Å²) in [6, 6.07) is 0.143. The zero-order valence-electron chi connectivity index (χ0n) is 10.5. The third-order valence-corrected chi connectivity index (χ3v) is 3.51. The van der Waals surface area contributed by atoms with Crippen molar-refractivity contribution < 1.29 is 14.7 Å². The average Bonchev–Trinajstić information content (AvgIpc) is 2.75. The molecule has 0 aliphatic carbocycles. The van der Waals surface area contributed by atoms with Crippen molar-refractivity contribution in [1.29, 1.82) is 0 Å². The molecule has 1 aromatic heterocycles. The third-order valence-electron chi connectivity index (χ3n) is 3.51. The van der Waals surface area contributed by atoms with E-state index in [9.17, 15) is 9.59 Å². The maximum atomic E-state index is 11.1. The van der Waals surface area contributed by atoms with Gasteiger partial charge >= 0.3 is 6.09 Å². The second kappa shape index (κ2) is 4.44. The largest absolute Gasteiger partial charge is 0.465 e. The molecule has 6 heteroatoms. The summed E-state index contributed by atoms with van der Waals surface area (Å²) < 4.78 is 1.77. The average molecular weight is 251 g/mol. The van der Waals surface area contributed by atoms with E-state index in [1.807, 2.05) is 13.8 Å². The molecule has 0 spiro atoms. The topological polar surface area (TPSA) is 75.4 Å². The van der Waals surface area contributed by atoms with Gasteiger partial charge in [0.2, 0.25) is 0 Å². The van der Waals surface area contributed by atoms with Crippen LogP contribution in [0, 0.1) is 0 Å². The van der Waals surface area contributed by atoms with Crippen LogP contribution in [-0.2, 0) is 0 Å². The molecule has 1 saturated heterocycles. The van der Waals surface area contributed by atoms with E-state index in [1.165, 1.54) is 11.1 Å². The van der Waals surface area contributed by atoms with Crippen LogP contribution in [0.1, 0.15) is 43.1 Å². The lowest BCUT2D eigenvalue weighted by molar-refractivity contribution is 0.0474. The second-order valence-corrected chi connectivity index (χ2v) is 5.26. The molecule has 1 atom stereocenters. The molecule has 1 aliphatic heterocycles. The Labute approximate surface area is 105 Å². The molecule has 0 radical (unpaired) electrons. The molecule has 2 rings (SSSR count). The maximum Gasteiger partial charge on any atom is 0.407 e. The Balaban J connectivity index is 2.15. The molecule has 1 N–H and O–H groups in total. The molecule has 0 bridgehead atoms. The van der Waals surface area contributed by atoms with E-state index < -0.39 is 11.6 Å². The smallest absolute Gasteiger partial charge is 0.407 e. The number of aromatic nitrogens is 2. The van der Waals surface area contributed by atoms with Crippen molar-refractivity contribution in [1.82, 2.24) is 14.7 Å². The number of likely N-dealkylation sites (tertiary alicyclic amines) is 1. The van der Waals surface area contributed by atoms with Crippen LogP contribution < -0.4 is 0 Å². The molecular formula is C12H17N3O3. The highest BCUT2D eigenvalue weighted by molar-refractivity contribution is 5.73. The lowest BCUT2D eigenvalue weighted by atomic mass is 9.87. The first kappa shape index (κ1) is 12.6. The molecular weight excluding hydrogens is 234 g/mol. The monoisotopic (exact) mass is 251 g/mol. The summed E-state index contributed by atoms with van der Waals surface area (Å²) >= 11 is 0. The van der Waals surface area contributed by atoms with E-state index in [1.54, 1.807) is 10.9 Å². The van der Waals surface area contributed by atoms with Crippen LogP contribution in [0.15, 0.2) is 12.4 Å². The van der Waals surface area contributed by atoms with Crippen molar-refractivity contribution in [3.8, 4) is 0 Å². The van der Waals surface area contributed by atoms with E-state index in [4.69, 9.17) is 5.11 Å². The van der Waals surface area contributed by atoms with Gasteiger partial charge in [0, 0.05) is 18.3 Å². The highest BCUT2D eigenvalue weighted by Crippen LogP contribution is 2.34. The van der Waals surface area contributed by atoms with Gasteiger partial charge in [-0.05, 0) is 26.7 Å². The lowest BCUT2D eigenvalue weighted by Crippen LogP contribution is -2.52. The predicted octanol–water partition coefficient (Wildman–Crippen LogP) is 1.79. The van der Waals surface area contributed by atoms with Crippen molar-refractivity contribution in [3.63, 3.8) is 0 Å². The fourth-order valence-corrected chi connectivity index (χ4v) is 2.56. The fourth-order valence-electron chi connectivity index (χ4n) is 2.56. The van der Waals surface area contributed by atoms with E-state index in [0.29, 0.717) is 18.5 Å². The van der Waals surface area contributed by atoms with E-state index in [2.05, 4.69) is 5.10 Å². The quantitative estimate of drug-likeness (QED) is 0.813. The summed E-state index contributed by atoms with van der Waals surface area (Å²) in [6.07, 6.45) is 4.54. The van der Waals surface area contributed by atoms with Crippen LogP contribution in [0.25, 0.3) is 0 Å². The minimum Gasteiger partial charge on any atom is -0.465 e. The lowest BCUT2D eigenvalue weighted by Gasteiger charge is -2.43. The normalized spacial score (nSPS) is 22.8. The Hall–Kier alpha value is -1.85. The van der Waals surface area contributed by atoms with Gasteiger partial charge in [-0.1, -0.05) is 0 Å². The van der Waals surface area contributed by atoms with Gasteiger partial charge in [-0.2, -0.15) is 5.10 Å². The highest BCUT2D eigenvalue weighted by atomic mass is 16.4. The number of carbonyl (C=O) groups is 2. The number of hydrogen-bond donors (Lipinski definition) is 1. The Kier molecular flexibility index (Phi) is 3.11. The first-order valence-corrected chi connectivity index (χ1v) is 5.94. The first-order chi connectivity index (χ1) is 8.44. The number of aldehydes is 1. The SMILES string of the molecule is CC1(C)CC(n2cc(C=O)cn2)CCN1C(=O)O. The first-order valence-electron chi connectivity index (χ1n) is 5.94. The molecule has 6 nitrogen and oxygen atoms in total. The molecule has 1 amide bonds. The molecule has 18 heavy (non-hydrogen) atoms. The van der Waals surface area contributed by atoms with Crippen LogP contribution in [0.3, 0.4) is 0 Å². The summed E-state index contributed by atoms with van der Waals surface area (Å²) in [4.78, 5) is 23.2. The summed E-state index contributed by atoms with van der Waals surface area (Å²) in [6.45, 7) is 4.32. The second-order valence-electron chi connectivity index (χ2n) is 5.26. The van der Waals surface area contributed by atoms with Crippen LogP contribution in [-0.4, -0.2) is 44.3 Å². The minimum absolute atomic E-state index is 0.143. The van der Waals surface area contributed by atoms with E-state index in [-0.39, 0.29) is 6.04 Å². The van der Waals surface area contributed by atoms with Gasteiger partial charge in [-0.3, -0.25) is 9.48 Å². The molecule has 98 valence electrons. The van der Waals surface area contributed by atoms with Crippen molar-refractivity contribution >= 4 is 12.4 Å². The molecule has 1 fully saturated rings. The minimum atomic E-state index is -0.882. The van der Waals surface area contributed by atoms with Gasteiger partial charge in [0.25, 0.3) is 0 Å². The fraction of sp³-hybridized carbons (Fsp3) is 0.583. The van der Waals surface area contributed by atoms with Gasteiger partial charge in [0.1, 0.15) is 0 Å². The molecule has 2 heterocycles. The molecule has 1 aliphatic rings. The van der Waals surface area contributed by atoms with E-state index >= 15 is 0 Å². The van der Waals surface area contributed by atoms with Crippen LogP contribution in [0.5, 0.6) is 0 Å². The van der Waals surface area contributed by atoms with Crippen LogP contribution in [0.4, 0.5) is 4.79 Å². The number of carboxylic acid groups (broad SMARTS) is 1. The predicted molar refractivity (Wildman–Crippen MR) is 64.7 cm³/mol. The summed E-state index contributed by atoms with van der Waals surface area (Å²) in [7, 11) is 0. The Bertz CT molecular complexity index is 467. The zero-order valence-corrected chi connectivity index (χ0v) is 10.5. The summed E-state index contributed by atoms with van der Waals surface area (Å²) in [5.74, 6) is 0. The van der Waals surface area contributed by atoms with Gasteiger partial charge < -0.3 is 10.0 Å². The van der Waals surface area contributed by atoms with E-state index in [0.717, 1.165) is 12.7 Å². The number of hydrogen-bond acceptors (Lipinski definition) is 3. The number of piperidine rings is 1. The van der Waals surface area contributed by atoms with Crippen molar-refractivity contribution in [2.45, 2.75) is 38.3 Å². The maximum absolute atomic E-state index is 11.1. The molecule has 1 unspecified atom stereocenters. The molecule has 1 aromatic rings. The number of carbonyl (C=O) groups excluding carboxylic acids is 1. The Morgan fingerprint density at radius 1 is 1.61 bits per heavy atom. The number of nitrogens with zero attached hydrogens (tertiary/aromatic N) is 3. The Morgan fingerprint density at radius 3 is 2.83 bits per heavy atom. The van der Waals surface area contributed by atoms with Gasteiger partial charge in [0.05, 0.1) is 17.8 Å². The van der Waals surface area contributed by atoms with Crippen molar-refractivity contribution in [2.24, 2.45) is 0 Å². The third kappa shape index (κ3) is 2.23. The summed E-state index contributed by atoms with van der Waals surface area (Å²) in [5.41, 5.74) is 0.135. The van der Waals surface area contributed by atoms with Gasteiger partial charge in [0.15, 0.2) is 6.29 Å². The molecule has 0 saturated carbocycles. The summed E-state index contributed by atoms with van der Waals surface area (Å²) in [5, 5.41) is 13.3. The number of amides is 1. The van der Waals surface area contributed by atoms with Gasteiger partial charge in [-0.15, -0.1) is 0 Å². The zero-order chi connectivity index (χ0) is 13.3. The standard InChI is InChI=1S/C12H17N3O3/c1-12(2)5-10(3-4-14(12)11(17)18)15-7-9(8-16)6-13-15/h6-8,10H,3-5H2,1-2H3,(H,17,18).